The minimum Gasteiger partial charge on any atom is -0.496 e. The second-order valence-corrected chi connectivity index (χ2v) is 6.54. The fraction of sp³-hybridized carbons (Fsp3) is 0.611. The number of ether oxygens (including phenoxy) is 2. The lowest BCUT2D eigenvalue weighted by atomic mass is 10.1. The van der Waals surface area contributed by atoms with Crippen LogP contribution in [0.3, 0.4) is 0 Å². The Balaban J connectivity index is 1.86. The highest BCUT2D eigenvalue weighted by Crippen LogP contribution is 2.18. The molecular formula is C18H28N2O3. The third-order valence-corrected chi connectivity index (χ3v) is 4.01. The van der Waals surface area contributed by atoms with Gasteiger partial charge in [0, 0.05) is 31.7 Å². The first-order valence-electron chi connectivity index (χ1n) is 8.26. The summed E-state index contributed by atoms with van der Waals surface area (Å²) in [4.78, 5) is 14.7. The lowest BCUT2D eigenvalue weighted by molar-refractivity contribution is -0.0295. The molecule has 1 amide bonds. The highest BCUT2D eigenvalue weighted by Gasteiger charge is 2.21. The van der Waals surface area contributed by atoms with Crippen LogP contribution in [0.15, 0.2) is 18.2 Å². The monoisotopic (exact) mass is 320 g/mol. The molecule has 23 heavy (non-hydrogen) atoms. The van der Waals surface area contributed by atoms with Gasteiger partial charge in [-0.25, -0.2) is 0 Å². The normalized spacial score (nSPS) is 18.9. The first-order valence-corrected chi connectivity index (χ1v) is 8.26. The summed E-state index contributed by atoms with van der Waals surface area (Å²) in [6.45, 7) is 10.6. The molecule has 0 saturated carbocycles. The zero-order valence-corrected chi connectivity index (χ0v) is 14.6. The van der Waals surface area contributed by atoms with Gasteiger partial charge in [-0.2, -0.15) is 0 Å². The van der Waals surface area contributed by atoms with Gasteiger partial charge in [-0.05, 0) is 30.5 Å². The van der Waals surface area contributed by atoms with Gasteiger partial charge in [-0.1, -0.05) is 19.9 Å². The van der Waals surface area contributed by atoms with Gasteiger partial charge in [0.1, 0.15) is 5.75 Å². The van der Waals surface area contributed by atoms with Gasteiger partial charge in [-0.3, -0.25) is 9.69 Å². The van der Waals surface area contributed by atoms with Crippen LogP contribution in [0, 0.1) is 12.8 Å². The zero-order valence-electron chi connectivity index (χ0n) is 14.6. The molecule has 1 saturated heterocycles. The minimum atomic E-state index is -0.0899. The number of methoxy groups -OCH3 is 1. The van der Waals surface area contributed by atoms with E-state index in [2.05, 4.69) is 24.1 Å². The summed E-state index contributed by atoms with van der Waals surface area (Å²) >= 11 is 0. The third-order valence-electron chi connectivity index (χ3n) is 4.01. The topological polar surface area (TPSA) is 50.8 Å². The summed E-state index contributed by atoms with van der Waals surface area (Å²) < 4.78 is 11.0. The standard InChI is InChI=1S/C18H28N2O3/c1-13(2)11-20-7-8-23-16(12-20)10-19-18(21)15-6-5-14(3)17(9-15)22-4/h5-6,9,13,16H,7-8,10-12H2,1-4H3,(H,19,21)/t16-/m1/s1. The Labute approximate surface area is 139 Å². The van der Waals surface area contributed by atoms with E-state index < -0.39 is 0 Å². The van der Waals surface area contributed by atoms with Crippen molar-refractivity contribution in [1.29, 1.82) is 0 Å². The number of nitrogens with zero attached hydrogens (tertiary/aromatic N) is 1. The van der Waals surface area contributed by atoms with Crippen molar-refractivity contribution in [1.82, 2.24) is 10.2 Å². The maximum absolute atomic E-state index is 12.3. The number of carbonyl (C=O) groups is 1. The van der Waals surface area contributed by atoms with Gasteiger partial charge >= 0.3 is 0 Å². The van der Waals surface area contributed by atoms with Crippen molar-refractivity contribution in [2.75, 3.05) is 39.9 Å². The number of amides is 1. The molecule has 128 valence electrons. The Kier molecular flexibility index (Phi) is 6.42. The molecule has 1 aliphatic heterocycles. The summed E-state index contributed by atoms with van der Waals surface area (Å²) in [5.74, 6) is 1.28. The molecule has 0 unspecified atom stereocenters. The first kappa shape index (κ1) is 17.8. The SMILES string of the molecule is COc1cc(C(=O)NC[C@@H]2CN(CC(C)C)CCO2)ccc1C. The highest BCUT2D eigenvalue weighted by molar-refractivity contribution is 5.94. The quantitative estimate of drug-likeness (QED) is 0.872. The number of hydrogen-bond donors (Lipinski definition) is 1. The van der Waals surface area contributed by atoms with E-state index in [-0.39, 0.29) is 12.0 Å². The van der Waals surface area contributed by atoms with Crippen LogP contribution in [-0.4, -0.2) is 56.8 Å². The smallest absolute Gasteiger partial charge is 0.251 e. The van der Waals surface area contributed by atoms with Crippen LogP contribution in [0.1, 0.15) is 29.8 Å². The molecule has 1 fully saturated rings. The number of carbonyl (C=O) groups excluding carboxylic acids is 1. The Bertz CT molecular complexity index is 531. The predicted molar refractivity (Wildman–Crippen MR) is 91.1 cm³/mol. The number of benzene rings is 1. The summed E-state index contributed by atoms with van der Waals surface area (Å²) in [7, 11) is 1.61. The van der Waals surface area contributed by atoms with Crippen LogP contribution >= 0.6 is 0 Å². The van der Waals surface area contributed by atoms with Crippen LogP contribution in [-0.2, 0) is 4.74 Å². The average molecular weight is 320 g/mol. The maximum atomic E-state index is 12.3. The third kappa shape index (κ3) is 5.22. The second kappa shape index (κ2) is 8.31. The number of hydrogen-bond acceptors (Lipinski definition) is 4. The molecule has 1 atom stereocenters. The average Bonchev–Trinajstić information content (AvgIpc) is 2.53. The van der Waals surface area contributed by atoms with Crippen molar-refractivity contribution in [2.24, 2.45) is 5.92 Å². The van der Waals surface area contributed by atoms with Crippen LogP contribution < -0.4 is 10.1 Å². The molecule has 2 rings (SSSR count). The van der Waals surface area contributed by atoms with Gasteiger partial charge in [0.15, 0.2) is 0 Å². The molecule has 0 bridgehead atoms. The Morgan fingerprint density at radius 2 is 2.26 bits per heavy atom. The Hall–Kier alpha value is -1.59. The van der Waals surface area contributed by atoms with Crippen LogP contribution in [0.5, 0.6) is 5.75 Å². The van der Waals surface area contributed by atoms with Gasteiger partial charge < -0.3 is 14.8 Å². The van der Waals surface area contributed by atoms with Gasteiger partial charge in [0.25, 0.3) is 5.91 Å². The molecule has 1 aliphatic rings. The lowest BCUT2D eigenvalue weighted by Crippen LogP contribution is -2.48. The van der Waals surface area contributed by atoms with Crippen LogP contribution in [0.4, 0.5) is 0 Å². The fourth-order valence-electron chi connectivity index (χ4n) is 2.86. The molecule has 1 N–H and O–H groups in total. The summed E-state index contributed by atoms with van der Waals surface area (Å²) in [5.41, 5.74) is 1.63. The van der Waals surface area contributed by atoms with Crippen molar-refractivity contribution in [3.05, 3.63) is 29.3 Å². The Morgan fingerprint density at radius 3 is 2.96 bits per heavy atom. The van der Waals surface area contributed by atoms with Crippen molar-refractivity contribution >= 4 is 5.91 Å². The molecule has 0 radical (unpaired) electrons. The largest absolute Gasteiger partial charge is 0.496 e. The lowest BCUT2D eigenvalue weighted by Gasteiger charge is -2.33. The van der Waals surface area contributed by atoms with Gasteiger partial charge in [-0.15, -0.1) is 0 Å². The summed E-state index contributed by atoms with van der Waals surface area (Å²) in [6.07, 6.45) is 0.0544. The number of morpholine rings is 1. The second-order valence-electron chi connectivity index (χ2n) is 6.54. The van der Waals surface area contributed by atoms with E-state index in [1.54, 1.807) is 13.2 Å². The summed E-state index contributed by atoms with van der Waals surface area (Å²) in [5, 5.41) is 2.97. The van der Waals surface area contributed by atoms with E-state index in [9.17, 15) is 4.79 Å². The maximum Gasteiger partial charge on any atom is 0.251 e. The molecule has 0 spiro atoms. The Morgan fingerprint density at radius 1 is 1.48 bits per heavy atom. The van der Waals surface area contributed by atoms with Gasteiger partial charge in [0.05, 0.1) is 19.8 Å². The molecule has 5 heteroatoms. The van der Waals surface area contributed by atoms with Crippen molar-refractivity contribution in [2.45, 2.75) is 26.9 Å². The van der Waals surface area contributed by atoms with E-state index in [4.69, 9.17) is 9.47 Å². The molecule has 1 aromatic rings. The number of rotatable bonds is 6. The number of aryl methyl sites for hydroxylation is 1. The molecule has 1 aromatic carbocycles. The molecule has 0 aliphatic carbocycles. The number of nitrogens with one attached hydrogen (secondary N) is 1. The summed E-state index contributed by atoms with van der Waals surface area (Å²) in [6, 6.07) is 5.49. The van der Waals surface area contributed by atoms with E-state index in [0.29, 0.717) is 18.0 Å². The van der Waals surface area contributed by atoms with E-state index in [1.165, 1.54) is 0 Å². The predicted octanol–water partition coefficient (Wildman–Crippen LogP) is 2.09. The molecular weight excluding hydrogens is 292 g/mol. The molecule has 5 nitrogen and oxygen atoms in total. The molecule has 1 heterocycles. The molecule has 0 aromatic heterocycles. The van der Waals surface area contributed by atoms with E-state index >= 15 is 0 Å². The van der Waals surface area contributed by atoms with E-state index in [0.717, 1.165) is 37.6 Å². The fourth-order valence-corrected chi connectivity index (χ4v) is 2.86. The van der Waals surface area contributed by atoms with Crippen molar-refractivity contribution in [3.8, 4) is 5.75 Å². The zero-order chi connectivity index (χ0) is 16.8. The van der Waals surface area contributed by atoms with Crippen LogP contribution in [0.25, 0.3) is 0 Å². The van der Waals surface area contributed by atoms with Crippen molar-refractivity contribution < 1.29 is 14.3 Å². The first-order chi connectivity index (χ1) is 11.0. The van der Waals surface area contributed by atoms with Crippen LogP contribution in [0.2, 0.25) is 0 Å². The van der Waals surface area contributed by atoms with E-state index in [1.807, 2.05) is 19.1 Å². The minimum absolute atomic E-state index is 0.0544. The van der Waals surface area contributed by atoms with Crippen molar-refractivity contribution in [3.63, 3.8) is 0 Å². The highest BCUT2D eigenvalue weighted by atomic mass is 16.5. The van der Waals surface area contributed by atoms with Gasteiger partial charge in [0.2, 0.25) is 0 Å².